The van der Waals surface area contributed by atoms with Crippen LogP contribution in [0.2, 0.25) is 0 Å². The quantitative estimate of drug-likeness (QED) is 0.383. The van der Waals surface area contributed by atoms with Crippen LogP contribution in [-0.2, 0) is 18.4 Å². The highest BCUT2D eigenvalue weighted by molar-refractivity contribution is 5.99. The van der Waals surface area contributed by atoms with E-state index in [4.69, 9.17) is 5.26 Å². The standard InChI is InChI=1S/C29H36N8O/c1-19(2)33-27(38)24-17-32-28(36-26(24)34-23-9-12-31-25(16-23)29(3,4)5)35-22-8-7-21-18-37(13-6-11-30)14-10-20(21)15-22/h7-9,12,15-17,19H,6,10,13-14,18H2,1-5H3,(H,33,38)(H2,31,32,34,35,36). The smallest absolute Gasteiger partial charge is 0.256 e. The zero-order valence-corrected chi connectivity index (χ0v) is 22.8. The molecule has 38 heavy (non-hydrogen) atoms. The summed E-state index contributed by atoms with van der Waals surface area (Å²) in [7, 11) is 0. The molecule has 1 aliphatic heterocycles. The van der Waals surface area contributed by atoms with Crippen molar-refractivity contribution in [3.63, 3.8) is 0 Å². The normalized spacial score (nSPS) is 13.5. The summed E-state index contributed by atoms with van der Waals surface area (Å²) >= 11 is 0. The summed E-state index contributed by atoms with van der Waals surface area (Å²) in [6.07, 6.45) is 4.78. The number of pyridine rings is 1. The molecule has 0 bridgehead atoms. The number of nitriles is 1. The maximum atomic E-state index is 12.9. The van der Waals surface area contributed by atoms with E-state index in [0.29, 0.717) is 23.8 Å². The first-order valence-corrected chi connectivity index (χ1v) is 13.0. The Balaban J connectivity index is 1.59. The highest BCUT2D eigenvalue weighted by Crippen LogP contribution is 2.27. The molecule has 9 heteroatoms. The molecule has 0 aliphatic carbocycles. The fraction of sp³-hybridized carbons (Fsp3) is 0.414. The predicted molar refractivity (Wildman–Crippen MR) is 150 cm³/mol. The maximum absolute atomic E-state index is 12.9. The largest absolute Gasteiger partial charge is 0.350 e. The summed E-state index contributed by atoms with van der Waals surface area (Å²) in [5.41, 5.74) is 5.41. The third-order valence-corrected chi connectivity index (χ3v) is 6.34. The first kappa shape index (κ1) is 27.0. The Labute approximate surface area is 224 Å². The minimum atomic E-state index is -0.242. The lowest BCUT2D eigenvalue weighted by molar-refractivity contribution is 0.0943. The Morgan fingerprint density at radius 1 is 1.11 bits per heavy atom. The second kappa shape index (κ2) is 11.6. The molecule has 0 radical (unpaired) electrons. The van der Waals surface area contributed by atoms with E-state index >= 15 is 0 Å². The Kier molecular flexibility index (Phi) is 8.23. The van der Waals surface area contributed by atoms with Gasteiger partial charge in [0.25, 0.3) is 5.91 Å². The van der Waals surface area contributed by atoms with Gasteiger partial charge in [-0.25, -0.2) is 4.98 Å². The van der Waals surface area contributed by atoms with Crippen molar-refractivity contribution in [2.75, 3.05) is 23.7 Å². The molecule has 9 nitrogen and oxygen atoms in total. The molecule has 1 aromatic carbocycles. The molecule has 0 saturated carbocycles. The third kappa shape index (κ3) is 6.84. The van der Waals surface area contributed by atoms with Gasteiger partial charge in [0.05, 0.1) is 6.07 Å². The number of rotatable bonds is 8. The molecule has 2 aromatic heterocycles. The van der Waals surface area contributed by atoms with Gasteiger partial charge < -0.3 is 16.0 Å². The van der Waals surface area contributed by atoms with Crippen LogP contribution in [0, 0.1) is 11.3 Å². The van der Waals surface area contributed by atoms with Gasteiger partial charge in [-0.15, -0.1) is 0 Å². The molecule has 3 N–H and O–H groups in total. The summed E-state index contributed by atoms with van der Waals surface area (Å²) in [6, 6.07) is 12.3. The van der Waals surface area contributed by atoms with Crippen molar-refractivity contribution >= 4 is 29.0 Å². The minimum Gasteiger partial charge on any atom is -0.350 e. The van der Waals surface area contributed by atoms with E-state index in [1.165, 1.54) is 11.1 Å². The van der Waals surface area contributed by atoms with Gasteiger partial charge in [0.15, 0.2) is 0 Å². The minimum absolute atomic E-state index is 0.0205. The molecule has 4 rings (SSSR count). The van der Waals surface area contributed by atoms with Crippen molar-refractivity contribution in [2.24, 2.45) is 0 Å². The molecule has 0 fully saturated rings. The average molecular weight is 513 g/mol. The molecule has 1 amide bonds. The van der Waals surface area contributed by atoms with Crippen molar-refractivity contribution in [3.05, 3.63) is 65.1 Å². The fourth-order valence-corrected chi connectivity index (χ4v) is 4.32. The van der Waals surface area contributed by atoms with E-state index < -0.39 is 0 Å². The Bertz CT molecular complexity index is 1340. The first-order valence-electron chi connectivity index (χ1n) is 13.0. The summed E-state index contributed by atoms with van der Waals surface area (Å²) < 4.78 is 0. The van der Waals surface area contributed by atoms with Gasteiger partial charge in [0.1, 0.15) is 11.4 Å². The highest BCUT2D eigenvalue weighted by Gasteiger charge is 2.20. The molecular formula is C29H36N8O. The number of aromatic nitrogens is 3. The SMILES string of the molecule is CC(C)NC(=O)c1cnc(Nc2ccc3c(c2)CCN(CCC#N)C3)nc1Nc1ccnc(C(C)(C)C)c1. The highest BCUT2D eigenvalue weighted by atomic mass is 16.1. The van der Waals surface area contributed by atoms with E-state index in [-0.39, 0.29) is 17.4 Å². The third-order valence-electron chi connectivity index (χ3n) is 6.34. The number of carbonyl (C=O) groups excluding carboxylic acids is 1. The van der Waals surface area contributed by atoms with Crippen LogP contribution < -0.4 is 16.0 Å². The average Bonchev–Trinajstić information content (AvgIpc) is 2.87. The van der Waals surface area contributed by atoms with Crippen LogP contribution in [0.3, 0.4) is 0 Å². The molecule has 0 atom stereocenters. The lowest BCUT2D eigenvalue weighted by Crippen LogP contribution is -2.31. The van der Waals surface area contributed by atoms with Gasteiger partial charge in [0, 0.05) is 67.0 Å². The Morgan fingerprint density at radius 3 is 2.63 bits per heavy atom. The Morgan fingerprint density at radius 2 is 1.89 bits per heavy atom. The zero-order valence-electron chi connectivity index (χ0n) is 22.8. The van der Waals surface area contributed by atoms with E-state index in [0.717, 1.165) is 43.1 Å². The second-order valence-electron chi connectivity index (χ2n) is 10.9. The van der Waals surface area contributed by atoms with E-state index in [1.54, 1.807) is 12.4 Å². The lowest BCUT2D eigenvalue weighted by atomic mass is 9.91. The van der Waals surface area contributed by atoms with Crippen LogP contribution >= 0.6 is 0 Å². The molecule has 198 valence electrons. The predicted octanol–water partition coefficient (Wildman–Crippen LogP) is 5.07. The number of nitrogens with one attached hydrogen (secondary N) is 3. The Hall–Kier alpha value is -4.03. The lowest BCUT2D eigenvalue weighted by Gasteiger charge is -2.28. The van der Waals surface area contributed by atoms with Crippen LogP contribution in [0.25, 0.3) is 0 Å². The molecule has 0 saturated heterocycles. The molecule has 0 unspecified atom stereocenters. The summed E-state index contributed by atoms with van der Waals surface area (Å²) in [5.74, 6) is 0.566. The maximum Gasteiger partial charge on any atom is 0.256 e. The van der Waals surface area contributed by atoms with Crippen molar-refractivity contribution in [1.29, 1.82) is 5.26 Å². The molecule has 3 heterocycles. The number of hydrogen-bond donors (Lipinski definition) is 3. The van der Waals surface area contributed by atoms with Crippen LogP contribution in [0.5, 0.6) is 0 Å². The topological polar surface area (TPSA) is 119 Å². The monoisotopic (exact) mass is 512 g/mol. The molecule has 1 aliphatic rings. The molecule has 3 aromatic rings. The van der Waals surface area contributed by atoms with Gasteiger partial charge in [-0.3, -0.25) is 14.7 Å². The fourth-order valence-electron chi connectivity index (χ4n) is 4.32. The number of fused-ring (bicyclic) bond motifs is 1. The van der Waals surface area contributed by atoms with Crippen LogP contribution in [-0.4, -0.2) is 44.9 Å². The van der Waals surface area contributed by atoms with Crippen molar-refractivity contribution in [3.8, 4) is 6.07 Å². The van der Waals surface area contributed by atoms with Crippen molar-refractivity contribution in [2.45, 2.75) is 65.5 Å². The number of amides is 1. The summed E-state index contributed by atoms with van der Waals surface area (Å²) in [4.78, 5) is 28.9. The van der Waals surface area contributed by atoms with Gasteiger partial charge >= 0.3 is 0 Å². The number of carbonyl (C=O) groups is 1. The zero-order chi connectivity index (χ0) is 27.3. The molecule has 0 spiro atoms. The van der Waals surface area contributed by atoms with Crippen molar-refractivity contribution < 1.29 is 4.79 Å². The van der Waals surface area contributed by atoms with E-state index in [1.807, 2.05) is 32.0 Å². The van der Waals surface area contributed by atoms with E-state index in [2.05, 4.69) is 74.8 Å². The summed E-state index contributed by atoms with van der Waals surface area (Å²) in [5, 5.41) is 18.4. The number of hydrogen-bond acceptors (Lipinski definition) is 8. The van der Waals surface area contributed by atoms with Gasteiger partial charge in [-0.1, -0.05) is 26.8 Å². The van der Waals surface area contributed by atoms with Crippen LogP contribution in [0.4, 0.5) is 23.1 Å². The molecular weight excluding hydrogens is 476 g/mol. The number of nitrogens with zero attached hydrogens (tertiary/aromatic N) is 5. The number of anilines is 4. The van der Waals surface area contributed by atoms with Gasteiger partial charge in [-0.2, -0.15) is 10.2 Å². The second-order valence-corrected chi connectivity index (χ2v) is 10.9. The van der Waals surface area contributed by atoms with E-state index in [9.17, 15) is 4.79 Å². The number of benzene rings is 1. The van der Waals surface area contributed by atoms with Gasteiger partial charge in [0.2, 0.25) is 5.95 Å². The summed E-state index contributed by atoms with van der Waals surface area (Å²) in [6.45, 7) is 12.7. The van der Waals surface area contributed by atoms with Crippen molar-refractivity contribution in [1.82, 2.24) is 25.2 Å². The van der Waals surface area contributed by atoms with Gasteiger partial charge in [-0.05, 0) is 55.7 Å². The van der Waals surface area contributed by atoms with Crippen LogP contribution in [0.15, 0.2) is 42.7 Å². The first-order chi connectivity index (χ1) is 18.1. The van der Waals surface area contributed by atoms with Crippen LogP contribution in [0.1, 0.15) is 68.2 Å².